The van der Waals surface area contributed by atoms with Crippen molar-refractivity contribution in [3.8, 4) is 0 Å². The Morgan fingerprint density at radius 3 is 2.64 bits per heavy atom. The van der Waals surface area contributed by atoms with Crippen molar-refractivity contribution in [2.24, 2.45) is 5.73 Å². The first-order valence-electron chi connectivity index (χ1n) is 7.64. The van der Waals surface area contributed by atoms with E-state index in [4.69, 9.17) is 10.5 Å². The van der Waals surface area contributed by atoms with Gasteiger partial charge in [0.2, 0.25) is 15.9 Å². The number of rotatable bonds is 7. The van der Waals surface area contributed by atoms with Crippen LogP contribution in [0.5, 0.6) is 0 Å². The van der Waals surface area contributed by atoms with E-state index in [-0.39, 0.29) is 29.6 Å². The average molecular weight is 372 g/mol. The lowest BCUT2D eigenvalue weighted by Gasteiger charge is -2.31. The molecule has 1 aromatic rings. The molecule has 1 aliphatic rings. The first kappa shape index (κ1) is 19.2. The van der Waals surface area contributed by atoms with Crippen LogP contribution in [0.4, 0.5) is 5.69 Å². The van der Waals surface area contributed by atoms with Gasteiger partial charge in [-0.3, -0.25) is 14.9 Å². The van der Waals surface area contributed by atoms with Gasteiger partial charge in [0.05, 0.1) is 15.4 Å². The summed E-state index contributed by atoms with van der Waals surface area (Å²) in [6, 6.07) is 4.72. The van der Waals surface area contributed by atoms with Gasteiger partial charge in [-0.1, -0.05) is 6.07 Å². The summed E-state index contributed by atoms with van der Waals surface area (Å²) in [5, 5.41) is 13.3. The molecular formula is C14H20N4O6S. The Morgan fingerprint density at radius 1 is 1.32 bits per heavy atom. The molecule has 1 aliphatic heterocycles. The maximum atomic E-state index is 12.1. The van der Waals surface area contributed by atoms with Crippen LogP contribution in [0.15, 0.2) is 29.2 Å². The molecule has 1 saturated heterocycles. The van der Waals surface area contributed by atoms with Crippen molar-refractivity contribution >= 4 is 21.6 Å². The number of nitrogens with two attached hydrogens (primary N) is 1. The highest BCUT2D eigenvalue weighted by molar-refractivity contribution is 7.89. The standard InChI is InChI=1S/C14H20N4O6S/c15-14(4-8-24-9-5-14)13(19)16-6-7-17-25(22,23)12-3-1-2-11(10-12)18(20)21/h1-3,10,17H,4-9,15H2,(H,16,19). The minimum atomic E-state index is -3.91. The molecule has 25 heavy (non-hydrogen) atoms. The van der Waals surface area contributed by atoms with Crippen LogP contribution >= 0.6 is 0 Å². The molecule has 0 aliphatic carbocycles. The summed E-state index contributed by atoms with van der Waals surface area (Å²) in [6.07, 6.45) is 0.802. The van der Waals surface area contributed by atoms with Gasteiger partial charge < -0.3 is 15.8 Å². The lowest BCUT2D eigenvalue weighted by molar-refractivity contribution is -0.385. The van der Waals surface area contributed by atoms with Crippen LogP contribution in [0, 0.1) is 10.1 Å². The Bertz CT molecular complexity index is 745. The van der Waals surface area contributed by atoms with Crippen molar-refractivity contribution in [2.45, 2.75) is 23.3 Å². The molecule has 11 heteroatoms. The van der Waals surface area contributed by atoms with Crippen molar-refractivity contribution < 1.29 is 22.9 Å². The second-order valence-electron chi connectivity index (χ2n) is 5.68. The maximum Gasteiger partial charge on any atom is 0.270 e. The van der Waals surface area contributed by atoms with E-state index in [1.54, 1.807) is 0 Å². The fraction of sp³-hybridized carbons (Fsp3) is 0.500. The topological polar surface area (TPSA) is 154 Å². The van der Waals surface area contributed by atoms with Gasteiger partial charge in [0.1, 0.15) is 0 Å². The van der Waals surface area contributed by atoms with Crippen LogP contribution in [0.25, 0.3) is 0 Å². The minimum Gasteiger partial charge on any atom is -0.381 e. The highest BCUT2D eigenvalue weighted by Crippen LogP contribution is 2.18. The zero-order valence-corrected chi connectivity index (χ0v) is 14.3. The molecule has 0 aromatic heterocycles. The van der Waals surface area contributed by atoms with Gasteiger partial charge in [-0.2, -0.15) is 0 Å². The van der Waals surface area contributed by atoms with Gasteiger partial charge in [0.25, 0.3) is 5.69 Å². The number of ether oxygens (including phenoxy) is 1. The summed E-state index contributed by atoms with van der Waals surface area (Å²) < 4.78 is 31.7. The number of non-ortho nitro benzene ring substituents is 1. The molecule has 0 saturated carbocycles. The van der Waals surface area contributed by atoms with Crippen molar-refractivity contribution in [1.82, 2.24) is 10.0 Å². The smallest absolute Gasteiger partial charge is 0.270 e. The predicted molar refractivity (Wildman–Crippen MR) is 88.3 cm³/mol. The number of carbonyl (C=O) groups is 1. The Kier molecular flexibility index (Phi) is 6.06. The molecule has 0 unspecified atom stereocenters. The van der Waals surface area contributed by atoms with Crippen LogP contribution in [0.1, 0.15) is 12.8 Å². The van der Waals surface area contributed by atoms with E-state index in [2.05, 4.69) is 10.0 Å². The molecule has 138 valence electrons. The van der Waals surface area contributed by atoms with E-state index in [9.17, 15) is 23.3 Å². The zero-order valence-electron chi connectivity index (χ0n) is 13.4. The van der Waals surface area contributed by atoms with Gasteiger partial charge in [-0.25, -0.2) is 13.1 Å². The highest BCUT2D eigenvalue weighted by Gasteiger charge is 2.35. The molecule has 4 N–H and O–H groups in total. The van der Waals surface area contributed by atoms with Gasteiger partial charge in [0.15, 0.2) is 0 Å². The van der Waals surface area contributed by atoms with E-state index in [0.29, 0.717) is 26.1 Å². The number of amides is 1. The monoisotopic (exact) mass is 372 g/mol. The van der Waals surface area contributed by atoms with Crippen molar-refractivity contribution in [2.75, 3.05) is 26.3 Å². The molecule has 1 amide bonds. The van der Waals surface area contributed by atoms with E-state index >= 15 is 0 Å². The normalized spacial score (nSPS) is 17.0. The average Bonchev–Trinajstić information content (AvgIpc) is 2.59. The number of nitro groups is 1. The number of carbonyl (C=O) groups excluding carboxylic acids is 1. The quantitative estimate of drug-likeness (QED) is 0.331. The molecule has 0 atom stereocenters. The zero-order chi connectivity index (χ0) is 18.5. The molecule has 10 nitrogen and oxygen atoms in total. The van der Waals surface area contributed by atoms with E-state index < -0.39 is 20.5 Å². The lowest BCUT2D eigenvalue weighted by atomic mass is 9.90. The van der Waals surface area contributed by atoms with Crippen LogP contribution < -0.4 is 15.8 Å². The fourth-order valence-electron chi connectivity index (χ4n) is 2.35. The summed E-state index contributed by atoms with van der Waals surface area (Å²) in [5.41, 5.74) is 4.69. The number of benzene rings is 1. The van der Waals surface area contributed by atoms with Crippen molar-refractivity contribution in [1.29, 1.82) is 0 Å². The summed E-state index contributed by atoms with van der Waals surface area (Å²) in [4.78, 5) is 21.9. The third-order valence-corrected chi connectivity index (χ3v) is 5.34. The number of hydrogen-bond donors (Lipinski definition) is 3. The Hall–Kier alpha value is -2.08. The number of hydrogen-bond acceptors (Lipinski definition) is 7. The summed E-state index contributed by atoms with van der Waals surface area (Å²) in [6.45, 7) is 0.794. The van der Waals surface area contributed by atoms with Crippen LogP contribution in [-0.2, 0) is 19.6 Å². The number of nitro benzene ring substituents is 1. The third kappa shape index (κ3) is 4.95. The fourth-order valence-corrected chi connectivity index (χ4v) is 3.42. The second kappa shape index (κ2) is 7.87. The first-order valence-corrected chi connectivity index (χ1v) is 9.12. The molecule has 2 rings (SSSR count). The largest absolute Gasteiger partial charge is 0.381 e. The van der Waals surface area contributed by atoms with Gasteiger partial charge in [0, 0.05) is 38.4 Å². The summed E-state index contributed by atoms with van der Waals surface area (Å²) in [5.74, 6) is -0.356. The minimum absolute atomic E-state index is 0.0484. The Labute approximate surface area is 144 Å². The molecule has 0 bridgehead atoms. The summed E-state index contributed by atoms with van der Waals surface area (Å²) >= 11 is 0. The molecule has 1 heterocycles. The SMILES string of the molecule is NC1(C(=O)NCCNS(=O)(=O)c2cccc([N+](=O)[O-])c2)CCOCC1. The summed E-state index contributed by atoms with van der Waals surface area (Å²) in [7, 11) is -3.91. The number of sulfonamides is 1. The Balaban J connectivity index is 1.87. The Morgan fingerprint density at radius 2 is 2.00 bits per heavy atom. The van der Waals surface area contributed by atoms with Crippen molar-refractivity contribution in [3.05, 3.63) is 34.4 Å². The molecule has 0 spiro atoms. The molecule has 1 aromatic carbocycles. The van der Waals surface area contributed by atoms with E-state index in [1.165, 1.54) is 18.2 Å². The van der Waals surface area contributed by atoms with Gasteiger partial charge in [-0.15, -0.1) is 0 Å². The molecular weight excluding hydrogens is 352 g/mol. The van der Waals surface area contributed by atoms with Crippen LogP contribution in [0.3, 0.4) is 0 Å². The van der Waals surface area contributed by atoms with E-state index in [0.717, 1.165) is 6.07 Å². The predicted octanol–water partition coefficient (Wildman–Crippen LogP) is -0.503. The molecule has 0 radical (unpaired) electrons. The van der Waals surface area contributed by atoms with E-state index in [1.807, 2.05) is 0 Å². The van der Waals surface area contributed by atoms with Gasteiger partial charge >= 0.3 is 0 Å². The van der Waals surface area contributed by atoms with Gasteiger partial charge in [-0.05, 0) is 18.9 Å². The van der Waals surface area contributed by atoms with Crippen LogP contribution in [0.2, 0.25) is 0 Å². The first-order chi connectivity index (χ1) is 11.7. The lowest BCUT2D eigenvalue weighted by Crippen LogP contribution is -2.57. The maximum absolute atomic E-state index is 12.1. The number of nitrogens with zero attached hydrogens (tertiary/aromatic N) is 1. The van der Waals surface area contributed by atoms with Crippen LogP contribution in [-0.4, -0.2) is 51.1 Å². The highest BCUT2D eigenvalue weighted by atomic mass is 32.2. The number of nitrogens with one attached hydrogen (secondary N) is 2. The van der Waals surface area contributed by atoms with Crippen molar-refractivity contribution in [3.63, 3.8) is 0 Å². The third-order valence-electron chi connectivity index (χ3n) is 3.88. The second-order valence-corrected chi connectivity index (χ2v) is 7.44. The molecule has 1 fully saturated rings.